The molecule has 0 aliphatic carbocycles. The molecule has 6 nitrogen and oxygen atoms in total. The maximum Gasteiger partial charge on any atom is 0.264 e. The second-order valence-electron chi connectivity index (χ2n) is 3.43. The van der Waals surface area contributed by atoms with Crippen LogP contribution in [0.15, 0.2) is 29.1 Å². The van der Waals surface area contributed by atoms with Gasteiger partial charge in [0.2, 0.25) is 10.0 Å². The summed E-state index contributed by atoms with van der Waals surface area (Å²) in [7, 11) is -3.56. The van der Waals surface area contributed by atoms with E-state index in [0.717, 1.165) is 10.9 Å². The molecular weight excluding hydrogens is 310 g/mol. The number of sulfonamides is 1. The molecule has 0 radical (unpaired) electrons. The van der Waals surface area contributed by atoms with E-state index in [1.54, 1.807) is 16.8 Å². The van der Waals surface area contributed by atoms with Gasteiger partial charge < -0.3 is 0 Å². The van der Waals surface area contributed by atoms with Crippen molar-refractivity contribution in [1.82, 2.24) is 14.1 Å². The average molecular weight is 318 g/mol. The molecule has 0 bridgehead atoms. The van der Waals surface area contributed by atoms with E-state index in [9.17, 15) is 13.2 Å². The Morgan fingerprint density at radius 3 is 2.88 bits per heavy atom. The van der Waals surface area contributed by atoms with Gasteiger partial charge in [-0.2, -0.15) is 0 Å². The maximum absolute atomic E-state index is 11.6. The monoisotopic (exact) mass is 317 g/mol. The quantitative estimate of drug-likeness (QED) is 0.887. The molecule has 0 aliphatic rings. The van der Waals surface area contributed by atoms with Gasteiger partial charge in [-0.25, -0.2) is 18.1 Å². The first kappa shape index (κ1) is 12.1. The first-order chi connectivity index (χ1) is 7.87. The van der Waals surface area contributed by atoms with Crippen molar-refractivity contribution in [1.29, 1.82) is 0 Å². The minimum Gasteiger partial charge on any atom is -0.294 e. The summed E-state index contributed by atoms with van der Waals surface area (Å²) < 4.78 is 26.2. The summed E-state index contributed by atoms with van der Waals surface area (Å²) in [6, 6.07) is 3.02. The zero-order valence-corrected chi connectivity index (χ0v) is 11.1. The Balaban J connectivity index is 2.40. The normalized spacial score (nSPS) is 11.6. The number of rotatable bonds is 2. The molecule has 17 heavy (non-hydrogen) atoms. The van der Waals surface area contributed by atoms with Crippen LogP contribution in [-0.2, 0) is 10.0 Å². The molecule has 0 fully saturated rings. The molecule has 0 aromatic carbocycles. The number of halogens is 1. The summed E-state index contributed by atoms with van der Waals surface area (Å²) in [5.41, 5.74) is 0.791. The Morgan fingerprint density at radius 1 is 1.53 bits per heavy atom. The smallest absolute Gasteiger partial charge is 0.264 e. The Kier molecular flexibility index (Phi) is 2.92. The molecule has 0 saturated heterocycles. The third kappa shape index (κ3) is 2.64. The van der Waals surface area contributed by atoms with Crippen molar-refractivity contribution >= 4 is 37.5 Å². The second kappa shape index (κ2) is 4.11. The largest absolute Gasteiger partial charge is 0.294 e. The minimum absolute atomic E-state index is 0.237. The number of hydrogen-bond donors (Lipinski definition) is 1. The molecule has 2 rings (SSSR count). The van der Waals surface area contributed by atoms with Gasteiger partial charge >= 0.3 is 0 Å². The van der Waals surface area contributed by atoms with Crippen molar-refractivity contribution in [3.05, 3.63) is 34.7 Å². The van der Waals surface area contributed by atoms with E-state index < -0.39 is 15.9 Å². The Hall–Kier alpha value is -1.41. The Labute approximate surface area is 106 Å². The maximum atomic E-state index is 11.6. The molecular formula is C9H8BrN3O3S. The predicted octanol–water partition coefficient (Wildman–Crippen LogP) is 0.786. The van der Waals surface area contributed by atoms with E-state index in [4.69, 9.17) is 0 Å². The van der Waals surface area contributed by atoms with Gasteiger partial charge in [0, 0.05) is 11.8 Å². The van der Waals surface area contributed by atoms with Crippen LogP contribution < -0.4 is 4.72 Å². The molecule has 2 aromatic rings. The van der Waals surface area contributed by atoms with E-state index in [-0.39, 0.29) is 5.56 Å². The molecule has 0 atom stereocenters. The highest BCUT2D eigenvalue weighted by molar-refractivity contribution is 9.10. The van der Waals surface area contributed by atoms with Gasteiger partial charge in [0.1, 0.15) is 10.3 Å². The zero-order valence-electron chi connectivity index (χ0n) is 8.71. The van der Waals surface area contributed by atoms with Gasteiger partial charge in [0.15, 0.2) is 0 Å². The third-order valence-corrected chi connectivity index (χ3v) is 3.15. The summed E-state index contributed by atoms with van der Waals surface area (Å²) in [6.45, 7) is 0. The number of aromatic nitrogens is 2. The molecule has 2 heterocycles. The van der Waals surface area contributed by atoms with E-state index in [1.807, 2.05) is 4.72 Å². The highest BCUT2D eigenvalue weighted by Crippen LogP contribution is 2.14. The molecule has 1 N–H and O–H groups in total. The van der Waals surface area contributed by atoms with Gasteiger partial charge in [-0.05, 0) is 28.1 Å². The van der Waals surface area contributed by atoms with Crippen LogP contribution in [0.5, 0.6) is 0 Å². The lowest BCUT2D eigenvalue weighted by molar-refractivity contribution is 0.0981. The minimum atomic E-state index is -3.56. The van der Waals surface area contributed by atoms with Crippen LogP contribution in [0, 0.1) is 0 Å². The number of hydrogen-bond acceptors (Lipinski definition) is 4. The summed E-state index contributed by atoms with van der Waals surface area (Å²) in [6.07, 6.45) is 4.15. The van der Waals surface area contributed by atoms with Crippen molar-refractivity contribution in [3.8, 4) is 0 Å². The lowest BCUT2D eigenvalue weighted by atomic mass is 10.2. The highest BCUT2D eigenvalue weighted by Gasteiger charge is 2.12. The molecule has 0 saturated carbocycles. The van der Waals surface area contributed by atoms with Gasteiger partial charge in [0.25, 0.3) is 5.91 Å². The van der Waals surface area contributed by atoms with E-state index in [1.165, 1.54) is 12.1 Å². The number of nitrogens with zero attached hydrogens (tertiary/aromatic N) is 2. The van der Waals surface area contributed by atoms with Gasteiger partial charge in [-0.15, -0.1) is 0 Å². The number of fused-ring (bicyclic) bond motifs is 1. The number of carbonyl (C=O) groups is 1. The van der Waals surface area contributed by atoms with Crippen molar-refractivity contribution < 1.29 is 13.2 Å². The van der Waals surface area contributed by atoms with E-state index in [0.29, 0.717) is 5.65 Å². The van der Waals surface area contributed by atoms with Crippen molar-refractivity contribution in [3.63, 3.8) is 0 Å². The van der Waals surface area contributed by atoms with E-state index in [2.05, 4.69) is 20.9 Å². The Morgan fingerprint density at radius 2 is 2.24 bits per heavy atom. The van der Waals surface area contributed by atoms with Crippen LogP contribution in [0.2, 0.25) is 0 Å². The number of carbonyl (C=O) groups excluding carboxylic acids is 1. The summed E-state index contributed by atoms with van der Waals surface area (Å²) in [5, 5.41) is 0. The molecule has 0 aliphatic heterocycles. The lowest BCUT2D eigenvalue weighted by Gasteiger charge is -2.03. The van der Waals surface area contributed by atoms with Crippen LogP contribution in [0.25, 0.3) is 5.65 Å². The van der Waals surface area contributed by atoms with Crippen LogP contribution in [-0.4, -0.2) is 30.0 Å². The van der Waals surface area contributed by atoms with Crippen LogP contribution >= 0.6 is 15.9 Å². The molecule has 0 unspecified atom stereocenters. The fourth-order valence-corrected chi connectivity index (χ4v) is 2.18. The predicted molar refractivity (Wildman–Crippen MR) is 65.2 cm³/mol. The van der Waals surface area contributed by atoms with Gasteiger partial charge in [-0.3, -0.25) is 9.20 Å². The number of nitrogens with one attached hydrogen (secondary N) is 1. The van der Waals surface area contributed by atoms with E-state index >= 15 is 0 Å². The van der Waals surface area contributed by atoms with Gasteiger partial charge in [-0.1, -0.05) is 0 Å². The molecule has 2 aromatic heterocycles. The summed E-state index contributed by atoms with van der Waals surface area (Å²) in [5.74, 6) is -0.672. The zero-order chi connectivity index (χ0) is 12.6. The standard InChI is InChI=1S/C9H8BrN3O3S/c1-17(15,16)12-9(14)6-2-3-13-7(10)5-11-8(13)4-6/h2-5H,1H3,(H,12,14). The second-order valence-corrected chi connectivity index (χ2v) is 5.99. The van der Waals surface area contributed by atoms with Crippen molar-refractivity contribution in [2.75, 3.05) is 6.26 Å². The van der Waals surface area contributed by atoms with Gasteiger partial charge in [0.05, 0.1) is 12.5 Å². The SMILES string of the molecule is CS(=O)(=O)NC(=O)c1ccn2c(Br)cnc2c1. The number of imidazole rings is 1. The lowest BCUT2D eigenvalue weighted by Crippen LogP contribution is -2.29. The average Bonchev–Trinajstić information content (AvgIpc) is 2.57. The Bertz CT molecular complexity index is 693. The highest BCUT2D eigenvalue weighted by atomic mass is 79.9. The number of amides is 1. The first-order valence-corrected chi connectivity index (χ1v) is 7.20. The summed E-state index contributed by atoms with van der Waals surface area (Å²) in [4.78, 5) is 15.6. The fraction of sp³-hybridized carbons (Fsp3) is 0.111. The molecule has 0 spiro atoms. The van der Waals surface area contributed by atoms with Crippen molar-refractivity contribution in [2.24, 2.45) is 0 Å². The first-order valence-electron chi connectivity index (χ1n) is 4.51. The van der Waals surface area contributed by atoms with Crippen LogP contribution in [0.1, 0.15) is 10.4 Å². The van der Waals surface area contributed by atoms with Crippen LogP contribution in [0.4, 0.5) is 0 Å². The number of pyridine rings is 1. The molecule has 90 valence electrons. The fourth-order valence-electron chi connectivity index (χ4n) is 1.32. The third-order valence-electron chi connectivity index (χ3n) is 2.01. The van der Waals surface area contributed by atoms with Crippen LogP contribution in [0.3, 0.4) is 0 Å². The van der Waals surface area contributed by atoms with Crippen molar-refractivity contribution in [2.45, 2.75) is 0 Å². The topological polar surface area (TPSA) is 80.5 Å². The molecule has 1 amide bonds. The molecule has 8 heteroatoms. The summed E-state index contributed by atoms with van der Waals surface area (Å²) >= 11 is 3.28.